The SMILES string of the molecule is C=CCN1C(=O)C(Nc2ccc(N3CCCC3)cc2)=C(c2ccc(Cl)cc2)C1=O. The standard InChI is InChI=1S/C23H22ClN3O2/c1-2-13-27-22(28)20(16-5-7-17(24)8-6-16)21(23(27)29)25-18-9-11-19(12-10-18)26-14-3-4-15-26/h2,5-12,25H,1,3-4,13-15H2. The number of halogens is 1. The van der Waals surface area contributed by atoms with Crippen LogP contribution in [0.1, 0.15) is 18.4 Å². The first kappa shape index (κ1) is 19.3. The smallest absolute Gasteiger partial charge is 0.278 e. The zero-order valence-electron chi connectivity index (χ0n) is 16.0. The number of nitrogens with zero attached hydrogens (tertiary/aromatic N) is 2. The molecule has 1 fully saturated rings. The van der Waals surface area contributed by atoms with Gasteiger partial charge in [0.05, 0.1) is 5.57 Å². The highest BCUT2D eigenvalue weighted by atomic mass is 35.5. The second-order valence-corrected chi connectivity index (χ2v) is 7.57. The summed E-state index contributed by atoms with van der Waals surface area (Å²) in [6.07, 6.45) is 3.98. The minimum atomic E-state index is -0.358. The van der Waals surface area contributed by atoms with E-state index in [0.717, 1.165) is 18.8 Å². The molecule has 0 bridgehead atoms. The van der Waals surface area contributed by atoms with Gasteiger partial charge in [-0.3, -0.25) is 14.5 Å². The molecule has 148 valence electrons. The van der Waals surface area contributed by atoms with E-state index in [2.05, 4.69) is 16.8 Å². The van der Waals surface area contributed by atoms with Crippen LogP contribution >= 0.6 is 11.6 Å². The van der Waals surface area contributed by atoms with Crippen molar-refractivity contribution < 1.29 is 9.59 Å². The molecular formula is C23H22ClN3O2. The summed E-state index contributed by atoms with van der Waals surface area (Å²) in [5.74, 6) is -0.697. The Bertz CT molecular complexity index is 974. The molecule has 2 aromatic carbocycles. The Morgan fingerprint density at radius 3 is 2.24 bits per heavy atom. The van der Waals surface area contributed by atoms with E-state index in [-0.39, 0.29) is 24.1 Å². The van der Waals surface area contributed by atoms with Crippen molar-refractivity contribution in [2.75, 3.05) is 29.9 Å². The molecule has 0 aromatic heterocycles. The van der Waals surface area contributed by atoms with Crippen LogP contribution in [0.2, 0.25) is 5.02 Å². The Hall–Kier alpha value is -3.05. The zero-order chi connectivity index (χ0) is 20.4. The molecule has 29 heavy (non-hydrogen) atoms. The van der Waals surface area contributed by atoms with Crippen LogP contribution in [0, 0.1) is 0 Å². The van der Waals surface area contributed by atoms with Gasteiger partial charge in [-0.05, 0) is 54.8 Å². The monoisotopic (exact) mass is 407 g/mol. The van der Waals surface area contributed by atoms with Crippen molar-refractivity contribution in [3.63, 3.8) is 0 Å². The lowest BCUT2D eigenvalue weighted by Gasteiger charge is -2.18. The van der Waals surface area contributed by atoms with Crippen molar-refractivity contribution in [3.8, 4) is 0 Å². The Balaban J connectivity index is 1.67. The highest BCUT2D eigenvalue weighted by Gasteiger charge is 2.38. The van der Waals surface area contributed by atoms with Gasteiger partial charge in [0, 0.05) is 36.0 Å². The molecule has 4 rings (SSSR count). The topological polar surface area (TPSA) is 52.7 Å². The van der Waals surface area contributed by atoms with Crippen LogP contribution in [0.25, 0.3) is 5.57 Å². The third-order valence-corrected chi connectivity index (χ3v) is 5.47. The Kier molecular flexibility index (Phi) is 5.41. The lowest BCUT2D eigenvalue weighted by atomic mass is 10.0. The van der Waals surface area contributed by atoms with Crippen molar-refractivity contribution in [2.24, 2.45) is 0 Å². The van der Waals surface area contributed by atoms with Gasteiger partial charge in [0.1, 0.15) is 5.70 Å². The molecule has 1 saturated heterocycles. The predicted octanol–water partition coefficient (Wildman–Crippen LogP) is 4.32. The van der Waals surface area contributed by atoms with Crippen molar-refractivity contribution in [2.45, 2.75) is 12.8 Å². The van der Waals surface area contributed by atoms with Gasteiger partial charge in [0.15, 0.2) is 0 Å². The van der Waals surface area contributed by atoms with Crippen LogP contribution < -0.4 is 10.2 Å². The van der Waals surface area contributed by atoms with E-state index >= 15 is 0 Å². The number of amides is 2. The van der Waals surface area contributed by atoms with E-state index in [9.17, 15) is 9.59 Å². The summed E-state index contributed by atoms with van der Waals surface area (Å²) >= 11 is 5.99. The van der Waals surface area contributed by atoms with Gasteiger partial charge in [-0.25, -0.2) is 0 Å². The van der Waals surface area contributed by atoms with Gasteiger partial charge < -0.3 is 10.2 Å². The molecule has 1 N–H and O–H groups in total. The van der Waals surface area contributed by atoms with Crippen molar-refractivity contribution in [3.05, 3.63) is 77.5 Å². The van der Waals surface area contributed by atoms with Gasteiger partial charge in [-0.2, -0.15) is 0 Å². The molecule has 0 atom stereocenters. The molecule has 5 nitrogen and oxygen atoms in total. The molecule has 0 radical (unpaired) electrons. The third kappa shape index (κ3) is 3.78. The maximum absolute atomic E-state index is 12.9. The molecule has 0 saturated carbocycles. The Morgan fingerprint density at radius 1 is 0.966 bits per heavy atom. The summed E-state index contributed by atoms with van der Waals surface area (Å²) in [4.78, 5) is 29.4. The molecule has 0 unspecified atom stereocenters. The van der Waals surface area contributed by atoms with E-state index in [0.29, 0.717) is 16.2 Å². The zero-order valence-corrected chi connectivity index (χ0v) is 16.8. The predicted molar refractivity (Wildman–Crippen MR) is 117 cm³/mol. The summed E-state index contributed by atoms with van der Waals surface area (Å²) in [5.41, 5.74) is 3.19. The second kappa shape index (κ2) is 8.13. The minimum absolute atomic E-state index is 0.161. The van der Waals surface area contributed by atoms with Crippen LogP contribution in [0.3, 0.4) is 0 Å². The summed E-state index contributed by atoms with van der Waals surface area (Å²) in [6, 6.07) is 14.9. The van der Waals surface area contributed by atoms with E-state index in [1.54, 1.807) is 30.3 Å². The van der Waals surface area contributed by atoms with Gasteiger partial charge in [-0.1, -0.05) is 29.8 Å². The number of hydrogen-bond acceptors (Lipinski definition) is 4. The Morgan fingerprint density at radius 2 is 1.62 bits per heavy atom. The number of hydrogen-bond donors (Lipinski definition) is 1. The van der Waals surface area contributed by atoms with Crippen LogP contribution in [0.15, 0.2) is 66.9 Å². The van der Waals surface area contributed by atoms with Gasteiger partial charge in [0.25, 0.3) is 11.8 Å². The second-order valence-electron chi connectivity index (χ2n) is 7.13. The molecule has 2 aromatic rings. The van der Waals surface area contributed by atoms with Gasteiger partial charge in [-0.15, -0.1) is 6.58 Å². The van der Waals surface area contributed by atoms with Crippen LogP contribution in [-0.2, 0) is 9.59 Å². The summed E-state index contributed by atoms with van der Waals surface area (Å²) in [7, 11) is 0. The third-order valence-electron chi connectivity index (χ3n) is 5.22. The number of carbonyl (C=O) groups excluding carboxylic acids is 2. The lowest BCUT2D eigenvalue weighted by Crippen LogP contribution is -2.32. The lowest BCUT2D eigenvalue weighted by molar-refractivity contribution is -0.136. The Labute approximate surface area is 175 Å². The molecular weight excluding hydrogens is 386 g/mol. The number of rotatable bonds is 6. The van der Waals surface area contributed by atoms with E-state index in [1.807, 2.05) is 24.3 Å². The molecule has 2 amide bonds. The fourth-order valence-electron chi connectivity index (χ4n) is 3.75. The average Bonchev–Trinajstić information content (AvgIpc) is 3.34. The molecule has 2 heterocycles. The van der Waals surface area contributed by atoms with E-state index in [4.69, 9.17) is 11.6 Å². The molecule has 0 spiro atoms. The van der Waals surface area contributed by atoms with Crippen LogP contribution in [0.5, 0.6) is 0 Å². The minimum Gasteiger partial charge on any atom is -0.372 e. The number of carbonyl (C=O) groups is 2. The van der Waals surface area contributed by atoms with Gasteiger partial charge >= 0.3 is 0 Å². The van der Waals surface area contributed by atoms with E-state index < -0.39 is 0 Å². The summed E-state index contributed by atoms with van der Waals surface area (Å²) < 4.78 is 0. The van der Waals surface area contributed by atoms with Gasteiger partial charge in [0.2, 0.25) is 0 Å². The van der Waals surface area contributed by atoms with Crippen molar-refractivity contribution in [1.82, 2.24) is 4.90 Å². The largest absolute Gasteiger partial charge is 0.372 e. The number of imide groups is 1. The fraction of sp³-hybridized carbons (Fsp3) is 0.217. The maximum atomic E-state index is 12.9. The number of benzene rings is 2. The first-order chi connectivity index (χ1) is 14.1. The maximum Gasteiger partial charge on any atom is 0.278 e. The number of anilines is 2. The van der Waals surface area contributed by atoms with E-state index in [1.165, 1.54) is 23.4 Å². The highest BCUT2D eigenvalue weighted by molar-refractivity contribution is 6.37. The van der Waals surface area contributed by atoms with Crippen LogP contribution in [0.4, 0.5) is 11.4 Å². The quantitative estimate of drug-likeness (QED) is 0.572. The highest BCUT2D eigenvalue weighted by Crippen LogP contribution is 2.31. The molecule has 2 aliphatic rings. The van der Waals surface area contributed by atoms with Crippen molar-refractivity contribution >= 4 is 40.4 Å². The first-order valence-electron chi connectivity index (χ1n) is 9.68. The molecule has 6 heteroatoms. The normalized spacial score (nSPS) is 16.7. The van der Waals surface area contributed by atoms with Crippen LogP contribution in [-0.4, -0.2) is 36.3 Å². The summed E-state index contributed by atoms with van der Waals surface area (Å²) in [6.45, 7) is 5.96. The summed E-state index contributed by atoms with van der Waals surface area (Å²) in [5, 5.41) is 3.74. The first-order valence-corrected chi connectivity index (χ1v) is 10.1. The van der Waals surface area contributed by atoms with Crippen molar-refractivity contribution in [1.29, 1.82) is 0 Å². The molecule has 0 aliphatic carbocycles. The fourth-order valence-corrected chi connectivity index (χ4v) is 3.87. The number of nitrogens with one attached hydrogen (secondary N) is 1. The average molecular weight is 408 g/mol. The molecule has 2 aliphatic heterocycles.